The number of amides is 1. The van der Waals surface area contributed by atoms with Crippen LogP contribution in [0, 0.1) is 0 Å². The molecule has 0 bridgehead atoms. The van der Waals surface area contributed by atoms with Gasteiger partial charge in [0.1, 0.15) is 5.54 Å². The lowest BCUT2D eigenvalue weighted by Gasteiger charge is -2.23. The van der Waals surface area contributed by atoms with Crippen LogP contribution in [-0.4, -0.2) is 34.0 Å². The maximum Gasteiger partial charge on any atom is 0.330 e. The van der Waals surface area contributed by atoms with E-state index >= 15 is 0 Å². The lowest BCUT2D eigenvalue weighted by Crippen LogP contribution is -2.54. The van der Waals surface area contributed by atoms with Crippen LogP contribution >= 0.6 is 35.0 Å². The van der Waals surface area contributed by atoms with Crippen molar-refractivity contribution >= 4 is 52.9 Å². The van der Waals surface area contributed by atoms with E-state index < -0.39 is 17.4 Å². The maximum atomic E-state index is 11.9. The van der Waals surface area contributed by atoms with E-state index in [0.29, 0.717) is 27.8 Å². The molecule has 7 heteroatoms. The van der Waals surface area contributed by atoms with Gasteiger partial charge in [-0.15, -0.1) is 0 Å². The average Bonchev–Trinajstić information content (AvgIpc) is 2.90. The van der Waals surface area contributed by atoms with E-state index in [-0.39, 0.29) is 0 Å². The number of aliphatic carboxylic acids is 1. The summed E-state index contributed by atoms with van der Waals surface area (Å²) in [6.07, 6.45) is 3.29. The van der Waals surface area contributed by atoms with Crippen molar-refractivity contribution in [1.82, 2.24) is 5.32 Å². The van der Waals surface area contributed by atoms with Crippen LogP contribution in [0.4, 0.5) is 0 Å². The zero-order chi connectivity index (χ0) is 15.5. The van der Waals surface area contributed by atoms with Crippen molar-refractivity contribution in [2.24, 2.45) is 0 Å². The van der Waals surface area contributed by atoms with Crippen LogP contribution in [-0.2, 0) is 9.59 Å². The molecule has 2 rings (SSSR count). The largest absolute Gasteiger partial charge is 0.479 e. The highest BCUT2D eigenvalue weighted by molar-refractivity contribution is 7.99. The Morgan fingerprint density at radius 3 is 2.67 bits per heavy atom. The van der Waals surface area contributed by atoms with Crippen molar-refractivity contribution in [3.8, 4) is 0 Å². The van der Waals surface area contributed by atoms with Crippen molar-refractivity contribution in [1.29, 1.82) is 0 Å². The van der Waals surface area contributed by atoms with Crippen molar-refractivity contribution < 1.29 is 14.7 Å². The highest BCUT2D eigenvalue weighted by Crippen LogP contribution is 2.28. The Bertz CT molecular complexity index is 598. The van der Waals surface area contributed by atoms with Gasteiger partial charge in [-0.05, 0) is 35.9 Å². The number of thioether (sulfide) groups is 1. The van der Waals surface area contributed by atoms with Gasteiger partial charge in [-0.3, -0.25) is 4.79 Å². The Labute approximate surface area is 136 Å². The fourth-order valence-electron chi connectivity index (χ4n) is 1.95. The predicted octanol–water partition coefficient (Wildman–Crippen LogP) is 3.08. The van der Waals surface area contributed by atoms with Crippen LogP contribution in [0.15, 0.2) is 24.3 Å². The number of carbonyl (C=O) groups excluding carboxylic acids is 1. The van der Waals surface area contributed by atoms with E-state index in [2.05, 4.69) is 5.32 Å². The summed E-state index contributed by atoms with van der Waals surface area (Å²) >= 11 is 13.2. The van der Waals surface area contributed by atoms with Crippen LogP contribution in [0.25, 0.3) is 6.08 Å². The standard InChI is InChI=1S/C14H13Cl2NO3S/c15-10-3-1-9(7-11(10)16)2-4-12(18)17-14(13(19)20)5-6-21-8-14/h1-4,7H,5-6,8H2,(H,17,18)(H,19,20). The van der Waals surface area contributed by atoms with Gasteiger partial charge < -0.3 is 10.4 Å². The second kappa shape index (κ2) is 6.73. The normalized spacial score (nSPS) is 21.6. The molecular formula is C14H13Cl2NO3S. The van der Waals surface area contributed by atoms with E-state index in [4.69, 9.17) is 23.2 Å². The zero-order valence-electron chi connectivity index (χ0n) is 10.9. The first-order valence-electron chi connectivity index (χ1n) is 6.19. The first kappa shape index (κ1) is 16.2. The minimum atomic E-state index is -1.16. The Morgan fingerprint density at radius 1 is 1.33 bits per heavy atom. The van der Waals surface area contributed by atoms with Crippen molar-refractivity contribution in [3.63, 3.8) is 0 Å². The molecule has 0 spiro atoms. The van der Waals surface area contributed by atoms with E-state index in [9.17, 15) is 14.7 Å². The molecule has 1 atom stereocenters. The van der Waals surface area contributed by atoms with Gasteiger partial charge in [-0.25, -0.2) is 4.79 Å². The van der Waals surface area contributed by atoms with Gasteiger partial charge >= 0.3 is 5.97 Å². The Hall–Kier alpha value is -1.17. The summed E-state index contributed by atoms with van der Waals surface area (Å²) in [6.45, 7) is 0. The topological polar surface area (TPSA) is 66.4 Å². The van der Waals surface area contributed by atoms with Crippen LogP contribution < -0.4 is 5.32 Å². The average molecular weight is 346 g/mol. The van der Waals surface area contributed by atoms with Gasteiger partial charge in [0, 0.05) is 11.8 Å². The van der Waals surface area contributed by atoms with Crippen molar-refractivity contribution in [2.45, 2.75) is 12.0 Å². The number of halogens is 2. The molecule has 1 aromatic carbocycles. The monoisotopic (exact) mass is 345 g/mol. The molecule has 1 heterocycles. The van der Waals surface area contributed by atoms with Crippen molar-refractivity contribution in [2.75, 3.05) is 11.5 Å². The second-order valence-corrected chi connectivity index (χ2v) is 6.61. The molecule has 112 valence electrons. The van der Waals surface area contributed by atoms with E-state index in [1.54, 1.807) is 24.3 Å². The Kier molecular flexibility index (Phi) is 5.19. The molecule has 1 unspecified atom stereocenters. The molecule has 1 saturated heterocycles. The molecule has 21 heavy (non-hydrogen) atoms. The van der Waals surface area contributed by atoms with Crippen molar-refractivity contribution in [3.05, 3.63) is 39.9 Å². The quantitative estimate of drug-likeness (QED) is 0.823. The van der Waals surface area contributed by atoms with Gasteiger partial charge in [0.05, 0.1) is 10.0 Å². The molecule has 0 aliphatic carbocycles. The van der Waals surface area contributed by atoms with Crippen LogP contribution in [0.1, 0.15) is 12.0 Å². The molecule has 0 radical (unpaired) electrons. The number of nitrogens with one attached hydrogen (secondary N) is 1. The summed E-state index contributed by atoms with van der Waals surface area (Å²) in [5, 5.41) is 12.7. The van der Waals surface area contributed by atoms with Gasteiger partial charge in [-0.2, -0.15) is 11.8 Å². The molecule has 1 fully saturated rings. The summed E-state index contributed by atoms with van der Waals surface area (Å²) in [5.74, 6) is -0.327. The number of hydrogen-bond acceptors (Lipinski definition) is 3. The Balaban J connectivity index is 2.05. The SMILES string of the molecule is O=C(C=Cc1ccc(Cl)c(Cl)c1)NC1(C(=O)O)CCSC1. The third-order valence-electron chi connectivity index (χ3n) is 3.16. The molecule has 0 saturated carbocycles. The minimum absolute atomic E-state index is 0.384. The van der Waals surface area contributed by atoms with E-state index in [0.717, 1.165) is 5.75 Å². The first-order valence-corrected chi connectivity index (χ1v) is 8.10. The molecule has 0 aromatic heterocycles. The first-order chi connectivity index (χ1) is 9.93. The molecule has 1 aliphatic heterocycles. The third-order valence-corrected chi connectivity index (χ3v) is 5.09. The summed E-state index contributed by atoms with van der Waals surface area (Å²) in [4.78, 5) is 23.2. The minimum Gasteiger partial charge on any atom is -0.479 e. The van der Waals surface area contributed by atoms with Gasteiger partial charge in [-0.1, -0.05) is 29.3 Å². The summed E-state index contributed by atoms with van der Waals surface area (Å²) in [5.41, 5.74) is -0.450. The summed E-state index contributed by atoms with van der Waals surface area (Å²) < 4.78 is 0. The predicted molar refractivity (Wildman–Crippen MR) is 85.9 cm³/mol. The number of benzene rings is 1. The fraction of sp³-hybridized carbons (Fsp3) is 0.286. The van der Waals surface area contributed by atoms with E-state index in [1.807, 2.05) is 0 Å². The smallest absolute Gasteiger partial charge is 0.330 e. The van der Waals surface area contributed by atoms with Gasteiger partial charge in [0.25, 0.3) is 0 Å². The van der Waals surface area contributed by atoms with Gasteiger partial charge in [0.2, 0.25) is 5.91 Å². The number of carbonyl (C=O) groups is 2. The van der Waals surface area contributed by atoms with Crippen LogP contribution in [0.2, 0.25) is 10.0 Å². The van der Waals surface area contributed by atoms with E-state index in [1.165, 1.54) is 17.8 Å². The lowest BCUT2D eigenvalue weighted by atomic mass is 9.99. The molecule has 4 nitrogen and oxygen atoms in total. The van der Waals surface area contributed by atoms with Crippen LogP contribution in [0.3, 0.4) is 0 Å². The third kappa shape index (κ3) is 3.93. The maximum absolute atomic E-state index is 11.9. The number of carboxylic acids is 1. The number of rotatable bonds is 4. The molecule has 1 amide bonds. The molecule has 1 aromatic rings. The zero-order valence-corrected chi connectivity index (χ0v) is 13.3. The highest BCUT2D eigenvalue weighted by Gasteiger charge is 2.42. The summed E-state index contributed by atoms with van der Waals surface area (Å²) in [6, 6.07) is 4.98. The molecule has 1 aliphatic rings. The highest BCUT2D eigenvalue weighted by atomic mass is 35.5. The van der Waals surface area contributed by atoms with Crippen LogP contribution in [0.5, 0.6) is 0 Å². The number of carboxylic acid groups (broad SMARTS) is 1. The second-order valence-electron chi connectivity index (χ2n) is 4.69. The summed E-state index contributed by atoms with van der Waals surface area (Å²) in [7, 11) is 0. The fourth-order valence-corrected chi connectivity index (χ4v) is 3.58. The lowest BCUT2D eigenvalue weighted by molar-refractivity contribution is -0.145. The molecule has 2 N–H and O–H groups in total. The van der Waals surface area contributed by atoms with Gasteiger partial charge in [0.15, 0.2) is 0 Å². The Morgan fingerprint density at radius 2 is 2.10 bits per heavy atom. The number of hydrogen-bond donors (Lipinski definition) is 2. The molecular weight excluding hydrogens is 333 g/mol.